The van der Waals surface area contributed by atoms with Crippen molar-refractivity contribution in [2.24, 2.45) is 0 Å². The number of thiocarbonyl (C=S) groups is 1. The van der Waals surface area contributed by atoms with Crippen molar-refractivity contribution in [3.63, 3.8) is 0 Å². The Morgan fingerprint density at radius 3 is 2.89 bits per heavy atom. The monoisotopic (exact) mass is 296 g/mol. The van der Waals surface area contributed by atoms with E-state index >= 15 is 0 Å². The van der Waals surface area contributed by atoms with Crippen molar-refractivity contribution < 1.29 is 14.3 Å². The summed E-state index contributed by atoms with van der Waals surface area (Å²) in [6.07, 6.45) is 2.75. The van der Waals surface area contributed by atoms with Gasteiger partial charge in [-0.15, -0.1) is 11.3 Å². The number of hydrogen-bond acceptors (Lipinski definition) is 5. The number of ether oxygens (including phenoxy) is 2. The molecule has 0 N–H and O–H groups in total. The van der Waals surface area contributed by atoms with Gasteiger partial charge in [0, 0.05) is 16.2 Å². The van der Waals surface area contributed by atoms with Crippen molar-refractivity contribution in [1.29, 1.82) is 0 Å². The van der Waals surface area contributed by atoms with Crippen LogP contribution >= 0.6 is 23.6 Å². The first-order valence-electron chi connectivity index (χ1n) is 6.48. The van der Waals surface area contributed by atoms with Gasteiger partial charge in [0.2, 0.25) is 0 Å². The minimum absolute atomic E-state index is 0.0875. The molecule has 0 amide bonds. The summed E-state index contributed by atoms with van der Waals surface area (Å²) in [5.74, 6) is -0.0875. The van der Waals surface area contributed by atoms with E-state index in [0.29, 0.717) is 6.61 Å². The van der Waals surface area contributed by atoms with Gasteiger partial charge in [0.25, 0.3) is 0 Å². The molecule has 0 spiro atoms. The van der Waals surface area contributed by atoms with E-state index in [-0.39, 0.29) is 17.5 Å². The molecule has 1 aromatic rings. The maximum absolute atomic E-state index is 12.2. The van der Waals surface area contributed by atoms with Gasteiger partial charge in [0.05, 0.1) is 6.61 Å². The van der Waals surface area contributed by atoms with Crippen LogP contribution in [0.25, 0.3) is 0 Å². The first-order chi connectivity index (χ1) is 9.10. The van der Waals surface area contributed by atoms with Crippen LogP contribution in [0.2, 0.25) is 0 Å². The number of hydrogen-bond donors (Lipinski definition) is 0. The molecule has 0 radical (unpaired) electrons. The molecular formula is C14H16O3S2. The molecule has 3 rings (SSSR count). The van der Waals surface area contributed by atoms with Crippen LogP contribution in [0.15, 0.2) is 12.1 Å². The molecule has 1 aliphatic heterocycles. The average Bonchev–Trinajstić information content (AvgIpc) is 3.27. The van der Waals surface area contributed by atoms with Crippen LogP contribution < -0.4 is 0 Å². The molecule has 2 aliphatic rings. The summed E-state index contributed by atoms with van der Waals surface area (Å²) in [4.78, 5) is 15.5. The standard InChI is InChI=1S/C14H16O3S2/c1-9(18)6-11-2-3-12(19-11)14(4-5-14)13(15)17-8-10-7-16-10/h2-3,10H,4-8H2,1H3. The zero-order valence-electron chi connectivity index (χ0n) is 10.8. The van der Waals surface area contributed by atoms with E-state index in [1.54, 1.807) is 11.3 Å². The number of carbonyl (C=O) groups is 1. The molecule has 1 aromatic heterocycles. The second kappa shape index (κ2) is 4.96. The van der Waals surface area contributed by atoms with Crippen molar-refractivity contribution in [2.45, 2.75) is 37.7 Å². The molecule has 2 fully saturated rings. The molecule has 3 nitrogen and oxygen atoms in total. The second-order valence-corrected chi connectivity index (χ2v) is 7.15. The van der Waals surface area contributed by atoms with Crippen molar-refractivity contribution in [3.8, 4) is 0 Å². The van der Waals surface area contributed by atoms with Gasteiger partial charge in [0.1, 0.15) is 18.1 Å². The normalized spacial score (nSPS) is 22.9. The van der Waals surface area contributed by atoms with Crippen LogP contribution in [-0.4, -0.2) is 30.2 Å². The van der Waals surface area contributed by atoms with Crippen molar-refractivity contribution >= 4 is 34.4 Å². The van der Waals surface area contributed by atoms with E-state index < -0.39 is 0 Å². The lowest BCUT2D eigenvalue weighted by Gasteiger charge is -2.12. The Kier molecular flexibility index (Phi) is 3.45. The molecule has 0 aromatic carbocycles. The van der Waals surface area contributed by atoms with Crippen LogP contribution in [0.3, 0.4) is 0 Å². The van der Waals surface area contributed by atoms with Gasteiger partial charge in [-0.2, -0.15) is 0 Å². The highest BCUT2D eigenvalue weighted by atomic mass is 32.1. The molecule has 2 heterocycles. The molecule has 1 aliphatic carbocycles. The first kappa shape index (κ1) is 13.2. The highest BCUT2D eigenvalue weighted by molar-refractivity contribution is 7.80. The van der Waals surface area contributed by atoms with Gasteiger partial charge < -0.3 is 9.47 Å². The SMILES string of the molecule is CC(=S)Cc1ccc(C2(C(=O)OCC3CO3)CC2)s1. The molecule has 5 heteroatoms. The first-order valence-corrected chi connectivity index (χ1v) is 7.70. The van der Waals surface area contributed by atoms with Gasteiger partial charge >= 0.3 is 5.97 Å². The van der Waals surface area contributed by atoms with Crippen LogP contribution in [0.4, 0.5) is 0 Å². The van der Waals surface area contributed by atoms with Gasteiger partial charge in [-0.1, -0.05) is 12.2 Å². The Bertz CT molecular complexity index is 513. The summed E-state index contributed by atoms with van der Waals surface area (Å²) >= 11 is 6.82. The molecular weight excluding hydrogens is 280 g/mol. The molecule has 1 saturated heterocycles. The third-order valence-electron chi connectivity index (χ3n) is 3.50. The molecule has 1 unspecified atom stereocenters. The maximum Gasteiger partial charge on any atom is 0.317 e. The third kappa shape index (κ3) is 2.88. The lowest BCUT2D eigenvalue weighted by molar-refractivity contribution is -0.147. The lowest BCUT2D eigenvalue weighted by Crippen LogP contribution is -2.23. The fourth-order valence-electron chi connectivity index (χ4n) is 2.12. The molecule has 19 heavy (non-hydrogen) atoms. The molecule has 1 saturated carbocycles. The highest BCUT2D eigenvalue weighted by Crippen LogP contribution is 2.51. The zero-order chi connectivity index (χ0) is 13.5. The smallest absolute Gasteiger partial charge is 0.317 e. The second-order valence-electron chi connectivity index (χ2n) is 5.28. The Hall–Kier alpha value is -0.780. The van der Waals surface area contributed by atoms with Crippen LogP contribution in [0.5, 0.6) is 0 Å². The number of thiophene rings is 1. The quantitative estimate of drug-likeness (QED) is 0.459. The van der Waals surface area contributed by atoms with E-state index in [2.05, 4.69) is 12.1 Å². The van der Waals surface area contributed by atoms with Crippen LogP contribution in [0, 0.1) is 0 Å². The summed E-state index contributed by atoms with van der Waals surface area (Å²) in [5.41, 5.74) is -0.368. The van der Waals surface area contributed by atoms with Crippen molar-refractivity contribution in [1.82, 2.24) is 0 Å². The third-order valence-corrected chi connectivity index (χ3v) is 4.93. The maximum atomic E-state index is 12.2. The van der Waals surface area contributed by atoms with Crippen LogP contribution in [-0.2, 0) is 26.1 Å². The van der Waals surface area contributed by atoms with Gasteiger partial charge in [-0.3, -0.25) is 4.79 Å². The van der Waals surface area contributed by atoms with E-state index in [1.165, 1.54) is 4.88 Å². The Balaban J connectivity index is 1.67. The zero-order valence-corrected chi connectivity index (χ0v) is 12.4. The summed E-state index contributed by atoms with van der Waals surface area (Å²) in [7, 11) is 0. The Labute approximate surface area is 121 Å². The van der Waals surface area contributed by atoms with Gasteiger partial charge in [0.15, 0.2) is 0 Å². The fraction of sp³-hybridized carbons (Fsp3) is 0.571. The largest absolute Gasteiger partial charge is 0.462 e. The van der Waals surface area contributed by atoms with E-state index in [4.69, 9.17) is 21.7 Å². The van der Waals surface area contributed by atoms with Gasteiger partial charge in [-0.25, -0.2) is 0 Å². The molecule has 1 atom stereocenters. The summed E-state index contributed by atoms with van der Waals surface area (Å²) in [6, 6.07) is 4.13. The molecule has 0 bridgehead atoms. The minimum atomic E-state index is -0.368. The number of carbonyl (C=O) groups excluding carboxylic acids is 1. The Morgan fingerprint density at radius 2 is 2.32 bits per heavy atom. The topological polar surface area (TPSA) is 38.8 Å². The Morgan fingerprint density at radius 1 is 1.58 bits per heavy atom. The lowest BCUT2D eigenvalue weighted by atomic mass is 10.1. The van der Waals surface area contributed by atoms with E-state index in [0.717, 1.165) is 35.6 Å². The number of rotatable bonds is 6. The predicted octanol–water partition coefficient (Wildman–Crippen LogP) is 2.65. The predicted molar refractivity (Wildman–Crippen MR) is 77.9 cm³/mol. The average molecular weight is 296 g/mol. The van der Waals surface area contributed by atoms with E-state index in [9.17, 15) is 4.79 Å². The fourth-order valence-corrected chi connectivity index (χ4v) is 3.70. The van der Waals surface area contributed by atoms with E-state index in [1.807, 2.05) is 6.92 Å². The molecule has 102 valence electrons. The summed E-state index contributed by atoms with van der Waals surface area (Å²) in [5, 5.41) is 0. The van der Waals surface area contributed by atoms with Crippen LogP contribution in [0.1, 0.15) is 29.5 Å². The number of esters is 1. The summed E-state index contributed by atoms with van der Waals surface area (Å²) < 4.78 is 10.4. The number of epoxide rings is 1. The van der Waals surface area contributed by atoms with Crippen molar-refractivity contribution in [3.05, 3.63) is 21.9 Å². The summed E-state index contributed by atoms with van der Waals surface area (Å²) in [6.45, 7) is 3.07. The minimum Gasteiger partial charge on any atom is -0.462 e. The highest BCUT2D eigenvalue weighted by Gasteiger charge is 2.54. The van der Waals surface area contributed by atoms with Gasteiger partial charge in [-0.05, 0) is 36.8 Å². The van der Waals surface area contributed by atoms with Crippen molar-refractivity contribution in [2.75, 3.05) is 13.2 Å².